The maximum absolute atomic E-state index is 5.60. The molecule has 0 aliphatic carbocycles. The van der Waals surface area contributed by atoms with Crippen molar-refractivity contribution in [2.45, 2.75) is 26.2 Å². The highest BCUT2D eigenvalue weighted by Crippen LogP contribution is 2.42. The van der Waals surface area contributed by atoms with Gasteiger partial charge in [0.25, 0.3) is 0 Å². The molecule has 1 atom stereocenters. The number of hydrogen-bond acceptors (Lipinski definition) is 3. The molecule has 0 amide bonds. The van der Waals surface area contributed by atoms with Crippen LogP contribution in [0, 0.1) is 0 Å². The highest BCUT2D eigenvalue weighted by molar-refractivity contribution is 5.55. The molecule has 1 aromatic rings. The first-order chi connectivity index (χ1) is 7.76. The van der Waals surface area contributed by atoms with Gasteiger partial charge in [0, 0.05) is 0 Å². The van der Waals surface area contributed by atoms with Gasteiger partial charge in [-0.1, -0.05) is 13.8 Å². The molecule has 0 radical (unpaired) electrons. The first-order valence-corrected chi connectivity index (χ1v) is 5.73. The second-order valence-corrected chi connectivity index (χ2v) is 4.06. The molecule has 0 bridgehead atoms. The fraction of sp³-hybridized carbons (Fsp3) is 0.538. The fourth-order valence-corrected chi connectivity index (χ4v) is 1.81. The Morgan fingerprint density at radius 3 is 2.75 bits per heavy atom. The summed E-state index contributed by atoms with van der Waals surface area (Å²) in [7, 11) is 1.66. The SMILES string of the molecule is CCC(C)c1cc(OC)c2c(c1)OCCO2. The predicted octanol–water partition coefficient (Wildman–Crippen LogP) is 2.98. The number of hydrogen-bond donors (Lipinski definition) is 0. The Bertz CT molecular complexity index is 356. The maximum Gasteiger partial charge on any atom is 0.203 e. The van der Waals surface area contributed by atoms with Crippen molar-refractivity contribution in [3.8, 4) is 17.2 Å². The van der Waals surface area contributed by atoms with Gasteiger partial charge >= 0.3 is 0 Å². The van der Waals surface area contributed by atoms with E-state index in [0.717, 1.165) is 23.7 Å². The highest BCUT2D eigenvalue weighted by Gasteiger charge is 2.19. The number of ether oxygens (including phenoxy) is 3. The summed E-state index contributed by atoms with van der Waals surface area (Å²) in [6.45, 7) is 5.57. The van der Waals surface area contributed by atoms with Crippen LogP contribution in [-0.4, -0.2) is 20.3 Å². The lowest BCUT2D eigenvalue weighted by molar-refractivity contribution is 0.165. The van der Waals surface area contributed by atoms with E-state index in [2.05, 4.69) is 19.9 Å². The Kier molecular flexibility index (Phi) is 3.22. The first-order valence-electron chi connectivity index (χ1n) is 5.73. The van der Waals surface area contributed by atoms with E-state index in [4.69, 9.17) is 14.2 Å². The Morgan fingerprint density at radius 1 is 1.31 bits per heavy atom. The molecular weight excluding hydrogens is 204 g/mol. The zero-order valence-corrected chi connectivity index (χ0v) is 10.1. The molecule has 88 valence electrons. The van der Waals surface area contributed by atoms with Crippen molar-refractivity contribution in [2.75, 3.05) is 20.3 Å². The molecular formula is C13H18O3. The van der Waals surface area contributed by atoms with Crippen molar-refractivity contribution in [1.82, 2.24) is 0 Å². The van der Waals surface area contributed by atoms with E-state index in [1.807, 2.05) is 6.07 Å². The van der Waals surface area contributed by atoms with Gasteiger partial charge < -0.3 is 14.2 Å². The van der Waals surface area contributed by atoms with E-state index < -0.39 is 0 Å². The van der Waals surface area contributed by atoms with Crippen molar-refractivity contribution in [3.63, 3.8) is 0 Å². The van der Waals surface area contributed by atoms with Crippen LogP contribution in [0.4, 0.5) is 0 Å². The molecule has 1 heterocycles. The van der Waals surface area contributed by atoms with Gasteiger partial charge in [0.1, 0.15) is 13.2 Å². The summed E-state index contributed by atoms with van der Waals surface area (Å²) in [6.07, 6.45) is 1.10. The van der Waals surface area contributed by atoms with E-state index in [1.54, 1.807) is 7.11 Å². The molecule has 0 spiro atoms. The molecule has 1 aromatic carbocycles. The van der Waals surface area contributed by atoms with Gasteiger partial charge in [0.05, 0.1) is 7.11 Å². The minimum absolute atomic E-state index is 0.504. The normalized spacial score (nSPS) is 15.7. The second-order valence-electron chi connectivity index (χ2n) is 4.06. The first kappa shape index (κ1) is 11.1. The molecule has 2 rings (SSSR count). The Labute approximate surface area is 96.3 Å². The van der Waals surface area contributed by atoms with Crippen LogP contribution in [0.2, 0.25) is 0 Å². The highest BCUT2D eigenvalue weighted by atomic mass is 16.6. The molecule has 1 aliphatic heterocycles. The van der Waals surface area contributed by atoms with Crippen LogP contribution >= 0.6 is 0 Å². The standard InChI is InChI=1S/C13H18O3/c1-4-9(2)10-7-11(14-3)13-12(8-10)15-5-6-16-13/h7-9H,4-6H2,1-3H3. The Hall–Kier alpha value is -1.38. The topological polar surface area (TPSA) is 27.7 Å². The zero-order valence-electron chi connectivity index (χ0n) is 10.1. The summed E-state index contributed by atoms with van der Waals surface area (Å²) in [4.78, 5) is 0. The number of fused-ring (bicyclic) bond motifs is 1. The minimum Gasteiger partial charge on any atom is -0.493 e. The molecule has 0 saturated heterocycles. The summed E-state index contributed by atoms with van der Waals surface area (Å²) in [5.41, 5.74) is 1.24. The number of benzene rings is 1. The van der Waals surface area contributed by atoms with Crippen LogP contribution in [0.25, 0.3) is 0 Å². The molecule has 1 aliphatic rings. The summed E-state index contributed by atoms with van der Waals surface area (Å²) in [5, 5.41) is 0. The molecule has 0 N–H and O–H groups in total. The van der Waals surface area contributed by atoms with Gasteiger partial charge in [-0.25, -0.2) is 0 Å². The minimum atomic E-state index is 0.504. The summed E-state index contributed by atoms with van der Waals surface area (Å²) in [5.74, 6) is 2.82. The molecule has 1 unspecified atom stereocenters. The van der Waals surface area contributed by atoms with E-state index in [0.29, 0.717) is 19.1 Å². The lowest BCUT2D eigenvalue weighted by atomic mass is 9.98. The van der Waals surface area contributed by atoms with Crippen LogP contribution in [0.15, 0.2) is 12.1 Å². The van der Waals surface area contributed by atoms with E-state index in [1.165, 1.54) is 5.56 Å². The molecule has 0 aromatic heterocycles. The van der Waals surface area contributed by atoms with Crippen molar-refractivity contribution in [1.29, 1.82) is 0 Å². The van der Waals surface area contributed by atoms with Crippen LogP contribution in [0.5, 0.6) is 17.2 Å². The van der Waals surface area contributed by atoms with E-state index in [-0.39, 0.29) is 0 Å². The van der Waals surface area contributed by atoms with Crippen LogP contribution < -0.4 is 14.2 Å². The van der Waals surface area contributed by atoms with Gasteiger partial charge in [-0.15, -0.1) is 0 Å². The monoisotopic (exact) mass is 222 g/mol. The molecule has 16 heavy (non-hydrogen) atoms. The van der Waals surface area contributed by atoms with Gasteiger partial charge in [-0.3, -0.25) is 0 Å². The van der Waals surface area contributed by atoms with Gasteiger partial charge in [0.2, 0.25) is 5.75 Å². The van der Waals surface area contributed by atoms with Gasteiger partial charge in [-0.05, 0) is 30.0 Å². The largest absolute Gasteiger partial charge is 0.493 e. The maximum atomic E-state index is 5.60. The average molecular weight is 222 g/mol. The molecule has 0 fully saturated rings. The van der Waals surface area contributed by atoms with Crippen LogP contribution in [0.3, 0.4) is 0 Å². The predicted molar refractivity (Wildman–Crippen MR) is 62.7 cm³/mol. The molecule has 0 saturated carbocycles. The van der Waals surface area contributed by atoms with Gasteiger partial charge in [0.15, 0.2) is 11.5 Å². The van der Waals surface area contributed by atoms with E-state index >= 15 is 0 Å². The average Bonchev–Trinajstić information content (AvgIpc) is 2.36. The molecule has 3 heteroatoms. The van der Waals surface area contributed by atoms with Crippen molar-refractivity contribution < 1.29 is 14.2 Å². The summed E-state index contributed by atoms with van der Waals surface area (Å²) >= 11 is 0. The third-order valence-electron chi connectivity index (χ3n) is 3.03. The van der Waals surface area contributed by atoms with Crippen LogP contribution in [-0.2, 0) is 0 Å². The smallest absolute Gasteiger partial charge is 0.203 e. The summed E-state index contributed by atoms with van der Waals surface area (Å²) < 4.78 is 16.5. The Morgan fingerprint density at radius 2 is 2.06 bits per heavy atom. The zero-order chi connectivity index (χ0) is 11.5. The van der Waals surface area contributed by atoms with Gasteiger partial charge in [-0.2, -0.15) is 0 Å². The van der Waals surface area contributed by atoms with Crippen LogP contribution in [0.1, 0.15) is 31.7 Å². The Balaban J connectivity index is 2.43. The summed E-state index contributed by atoms with van der Waals surface area (Å²) in [6, 6.07) is 4.10. The van der Waals surface area contributed by atoms with Crippen molar-refractivity contribution in [3.05, 3.63) is 17.7 Å². The van der Waals surface area contributed by atoms with Crippen molar-refractivity contribution in [2.24, 2.45) is 0 Å². The molecule has 3 nitrogen and oxygen atoms in total. The lowest BCUT2D eigenvalue weighted by Gasteiger charge is -2.22. The number of rotatable bonds is 3. The fourth-order valence-electron chi connectivity index (χ4n) is 1.81. The second kappa shape index (κ2) is 4.64. The van der Waals surface area contributed by atoms with Crippen molar-refractivity contribution >= 4 is 0 Å². The number of methoxy groups -OCH3 is 1. The third-order valence-corrected chi connectivity index (χ3v) is 3.03. The lowest BCUT2D eigenvalue weighted by Crippen LogP contribution is -2.16. The third kappa shape index (κ3) is 1.94. The quantitative estimate of drug-likeness (QED) is 0.787. The van der Waals surface area contributed by atoms with E-state index in [9.17, 15) is 0 Å².